The van der Waals surface area contributed by atoms with Gasteiger partial charge in [0.05, 0.1) is 24.4 Å². The Bertz CT molecular complexity index is 153. The van der Waals surface area contributed by atoms with Crippen LogP contribution in [-0.4, -0.2) is 38.6 Å². The van der Waals surface area contributed by atoms with E-state index < -0.39 is 0 Å². The third-order valence-electron chi connectivity index (χ3n) is 2.24. The Labute approximate surface area is 87.7 Å². The van der Waals surface area contributed by atoms with Crippen LogP contribution in [0.5, 0.6) is 0 Å². The molecule has 3 nitrogen and oxygen atoms in total. The van der Waals surface area contributed by atoms with Gasteiger partial charge in [-0.1, -0.05) is 0 Å². The summed E-state index contributed by atoms with van der Waals surface area (Å²) in [6, 6.07) is 0. The molecule has 0 rings (SSSR count). The summed E-state index contributed by atoms with van der Waals surface area (Å²) in [5, 5.41) is 0. The minimum Gasteiger partial charge on any atom is -0.382 e. The molecule has 3 heteroatoms. The fourth-order valence-electron chi connectivity index (χ4n) is 1.06. The van der Waals surface area contributed by atoms with Crippen LogP contribution < -0.4 is 0 Å². The Morgan fingerprint density at radius 2 is 1.50 bits per heavy atom. The highest BCUT2D eigenvalue weighted by Crippen LogP contribution is 2.16. The molecule has 0 saturated carbocycles. The first-order chi connectivity index (χ1) is 6.33. The molecule has 0 amide bonds. The lowest BCUT2D eigenvalue weighted by Crippen LogP contribution is -2.33. The van der Waals surface area contributed by atoms with Gasteiger partial charge < -0.3 is 14.2 Å². The Morgan fingerprint density at radius 1 is 0.929 bits per heavy atom. The lowest BCUT2D eigenvalue weighted by Gasteiger charge is -2.28. The second kappa shape index (κ2) is 5.69. The minimum atomic E-state index is -0.210. The molecule has 0 bridgehead atoms. The first-order valence-corrected chi connectivity index (χ1v) is 5.01. The van der Waals surface area contributed by atoms with E-state index in [1.807, 2.05) is 13.8 Å². The van der Waals surface area contributed by atoms with Crippen LogP contribution in [0.2, 0.25) is 0 Å². The summed E-state index contributed by atoms with van der Waals surface area (Å²) in [5.74, 6) is 0. The molecule has 0 unspecified atom stereocenters. The van der Waals surface area contributed by atoms with Crippen LogP contribution in [0.3, 0.4) is 0 Å². The van der Waals surface area contributed by atoms with Crippen molar-refractivity contribution in [3.63, 3.8) is 0 Å². The average molecular weight is 204 g/mol. The molecule has 0 radical (unpaired) electrons. The maximum Gasteiger partial charge on any atom is 0.0858 e. The molecule has 0 aliphatic heterocycles. The molecule has 0 aliphatic carbocycles. The third kappa shape index (κ3) is 6.35. The van der Waals surface area contributed by atoms with Gasteiger partial charge in [0.1, 0.15) is 0 Å². The maximum atomic E-state index is 5.70. The van der Waals surface area contributed by atoms with Gasteiger partial charge in [-0.15, -0.1) is 0 Å². The molecule has 0 aliphatic rings. The number of hydrogen-bond donors (Lipinski definition) is 0. The predicted octanol–water partition coefficient (Wildman–Crippen LogP) is 2.24. The van der Waals surface area contributed by atoms with E-state index in [1.165, 1.54) is 0 Å². The predicted molar refractivity (Wildman–Crippen MR) is 57.6 cm³/mol. The lowest BCUT2D eigenvalue weighted by atomic mass is 10.1. The van der Waals surface area contributed by atoms with Crippen molar-refractivity contribution in [2.45, 2.75) is 45.3 Å². The number of methoxy groups -OCH3 is 2. The van der Waals surface area contributed by atoms with Crippen LogP contribution in [0, 0.1) is 0 Å². The monoisotopic (exact) mass is 204 g/mol. The van der Waals surface area contributed by atoms with E-state index in [4.69, 9.17) is 14.2 Å². The first-order valence-electron chi connectivity index (χ1n) is 5.01. The van der Waals surface area contributed by atoms with Crippen molar-refractivity contribution < 1.29 is 14.2 Å². The molecule has 0 spiro atoms. The smallest absolute Gasteiger partial charge is 0.0858 e. The second-order valence-electron chi connectivity index (χ2n) is 4.75. The summed E-state index contributed by atoms with van der Waals surface area (Å²) in [7, 11) is 3.41. The Morgan fingerprint density at radius 3 is 1.93 bits per heavy atom. The molecule has 0 heterocycles. The summed E-state index contributed by atoms with van der Waals surface area (Å²) < 4.78 is 16.1. The highest BCUT2D eigenvalue weighted by atomic mass is 16.5. The molecule has 0 atom stereocenters. The van der Waals surface area contributed by atoms with Crippen LogP contribution in [0.15, 0.2) is 0 Å². The van der Waals surface area contributed by atoms with Gasteiger partial charge in [-0.25, -0.2) is 0 Å². The fraction of sp³-hybridized carbons (Fsp3) is 1.00. The lowest BCUT2D eigenvalue weighted by molar-refractivity contribution is -0.0859. The van der Waals surface area contributed by atoms with Crippen molar-refractivity contribution in [1.29, 1.82) is 0 Å². The van der Waals surface area contributed by atoms with Gasteiger partial charge in [-0.3, -0.25) is 0 Å². The van der Waals surface area contributed by atoms with E-state index in [-0.39, 0.29) is 11.2 Å². The van der Waals surface area contributed by atoms with E-state index in [9.17, 15) is 0 Å². The van der Waals surface area contributed by atoms with Crippen LogP contribution in [0.1, 0.15) is 34.1 Å². The van der Waals surface area contributed by atoms with Crippen molar-refractivity contribution in [2.75, 3.05) is 27.4 Å². The maximum absolute atomic E-state index is 5.70. The summed E-state index contributed by atoms with van der Waals surface area (Å²) in [5.41, 5.74) is -0.318. The third-order valence-corrected chi connectivity index (χ3v) is 2.24. The number of ether oxygens (including phenoxy) is 3. The molecule has 14 heavy (non-hydrogen) atoms. The molecule has 0 fully saturated rings. The van der Waals surface area contributed by atoms with E-state index in [2.05, 4.69) is 13.8 Å². The number of rotatable bonds is 7. The summed E-state index contributed by atoms with van der Waals surface area (Å²) in [6.45, 7) is 9.46. The van der Waals surface area contributed by atoms with E-state index in [0.717, 1.165) is 6.42 Å². The Hall–Kier alpha value is -0.120. The van der Waals surface area contributed by atoms with Crippen LogP contribution in [0.25, 0.3) is 0 Å². The zero-order valence-electron chi connectivity index (χ0n) is 10.3. The highest BCUT2D eigenvalue weighted by Gasteiger charge is 2.21. The topological polar surface area (TPSA) is 27.7 Å². The van der Waals surface area contributed by atoms with Gasteiger partial charge >= 0.3 is 0 Å². The van der Waals surface area contributed by atoms with Crippen molar-refractivity contribution in [1.82, 2.24) is 0 Å². The zero-order valence-corrected chi connectivity index (χ0v) is 10.3. The normalized spacial score (nSPS) is 13.3. The molecule has 0 aromatic carbocycles. The van der Waals surface area contributed by atoms with E-state index in [1.54, 1.807) is 14.2 Å². The van der Waals surface area contributed by atoms with E-state index in [0.29, 0.717) is 13.2 Å². The molecular formula is C11H24O3. The molecule has 0 N–H and O–H groups in total. The van der Waals surface area contributed by atoms with Crippen molar-refractivity contribution in [3.8, 4) is 0 Å². The average Bonchev–Trinajstić information content (AvgIpc) is 2.03. The van der Waals surface area contributed by atoms with Crippen molar-refractivity contribution in [3.05, 3.63) is 0 Å². The summed E-state index contributed by atoms with van der Waals surface area (Å²) in [4.78, 5) is 0. The van der Waals surface area contributed by atoms with Crippen LogP contribution in [0.4, 0.5) is 0 Å². The van der Waals surface area contributed by atoms with Crippen LogP contribution in [-0.2, 0) is 14.2 Å². The SMILES string of the molecule is COCC(C)(C)OCCC(C)(C)OC. The second-order valence-corrected chi connectivity index (χ2v) is 4.75. The van der Waals surface area contributed by atoms with Gasteiger partial charge in [-0.2, -0.15) is 0 Å². The molecule has 86 valence electrons. The van der Waals surface area contributed by atoms with Gasteiger partial charge in [0, 0.05) is 14.2 Å². The summed E-state index contributed by atoms with van der Waals surface area (Å²) in [6.07, 6.45) is 0.886. The zero-order chi connectivity index (χ0) is 11.2. The Balaban J connectivity index is 3.73. The van der Waals surface area contributed by atoms with Crippen LogP contribution >= 0.6 is 0 Å². The largest absolute Gasteiger partial charge is 0.382 e. The number of hydrogen-bond acceptors (Lipinski definition) is 3. The van der Waals surface area contributed by atoms with E-state index >= 15 is 0 Å². The molecule has 0 aromatic rings. The quantitative estimate of drug-likeness (QED) is 0.636. The minimum absolute atomic E-state index is 0.108. The highest BCUT2D eigenvalue weighted by molar-refractivity contribution is 4.71. The standard InChI is InChI=1S/C11H24O3/c1-10(2,13-6)7-8-14-11(3,4)9-12-5/h7-9H2,1-6H3. The molecule has 0 saturated heterocycles. The first kappa shape index (κ1) is 13.9. The molecular weight excluding hydrogens is 180 g/mol. The van der Waals surface area contributed by atoms with Crippen molar-refractivity contribution >= 4 is 0 Å². The van der Waals surface area contributed by atoms with Gasteiger partial charge in [0.15, 0.2) is 0 Å². The fourth-order valence-corrected chi connectivity index (χ4v) is 1.06. The molecule has 0 aromatic heterocycles. The van der Waals surface area contributed by atoms with Crippen molar-refractivity contribution in [2.24, 2.45) is 0 Å². The van der Waals surface area contributed by atoms with Gasteiger partial charge in [-0.05, 0) is 34.1 Å². The van der Waals surface area contributed by atoms with Gasteiger partial charge in [0.25, 0.3) is 0 Å². The summed E-state index contributed by atoms with van der Waals surface area (Å²) >= 11 is 0. The van der Waals surface area contributed by atoms with Gasteiger partial charge in [0.2, 0.25) is 0 Å². The Kier molecular flexibility index (Phi) is 5.64.